The third kappa shape index (κ3) is 1.91. The van der Waals surface area contributed by atoms with Crippen LogP contribution in [0.4, 0.5) is 4.39 Å². The maximum atomic E-state index is 13.6. The number of benzene rings is 1. The second kappa shape index (κ2) is 4.18. The zero-order valence-corrected chi connectivity index (χ0v) is 9.89. The van der Waals surface area contributed by atoms with Gasteiger partial charge in [0.1, 0.15) is 0 Å². The highest BCUT2D eigenvalue weighted by atomic mass is 35.5. The summed E-state index contributed by atoms with van der Waals surface area (Å²) in [5, 5.41) is 18.2. The first kappa shape index (κ1) is 12.6. The standard InChI is InChI=1S/C11H11ClFNO2/c1-11(2,5-14)6-4-7(12)9(15)8(13)10(6)16-3/h4,15H,1-3H3. The average molecular weight is 244 g/mol. The van der Waals surface area contributed by atoms with Crippen LogP contribution in [0.25, 0.3) is 0 Å². The largest absolute Gasteiger partial charge is 0.504 e. The van der Waals surface area contributed by atoms with Gasteiger partial charge in [-0.15, -0.1) is 0 Å². The molecule has 0 aliphatic rings. The summed E-state index contributed by atoms with van der Waals surface area (Å²) in [5.74, 6) is -1.78. The molecule has 0 atom stereocenters. The van der Waals surface area contributed by atoms with E-state index in [0.29, 0.717) is 5.56 Å². The van der Waals surface area contributed by atoms with Crippen LogP contribution in [-0.4, -0.2) is 12.2 Å². The summed E-state index contributed by atoms with van der Waals surface area (Å²) in [4.78, 5) is 0. The summed E-state index contributed by atoms with van der Waals surface area (Å²) in [6.07, 6.45) is 0. The van der Waals surface area contributed by atoms with E-state index in [0.717, 1.165) is 0 Å². The molecule has 5 heteroatoms. The molecule has 0 fully saturated rings. The molecule has 16 heavy (non-hydrogen) atoms. The van der Waals surface area contributed by atoms with E-state index < -0.39 is 17.0 Å². The van der Waals surface area contributed by atoms with Crippen molar-refractivity contribution in [3.63, 3.8) is 0 Å². The van der Waals surface area contributed by atoms with Crippen LogP contribution in [0.3, 0.4) is 0 Å². The molecule has 0 spiro atoms. The Morgan fingerprint density at radius 3 is 2.56 bits per heavy atom. The molecule has 0 aromatic heterocycles. The van der Waals surface area contributed by atoms with Crippen LogP contribution < -0.4 is 4.74 Å². The fourth-order valence-corrected chi connectivity index (χ4v) is 1.51. The van der Waals surface area contributed by atoms with Crippen LogP contribution in [0.2, 0.25) is 5.02 Å². The maximum absolute atomic E-state index is 13.6. The van der Waals surface area contributed by atoms with Gasteiger partial charge in [0, 0.05) is 5.56 Å². The zero-order chi connectivity index (χ0) is 12.5. The van der Waals surface area contributed by atoms with Gasteiger partial charge in [0.05, 0.1) is 23.6 Å². The number of halogens is 2. The molecule has 3 nitrogen and oxygen atoms in total. The molecule has 0 saturated heterocycles. The number of methoxy groups -OCH3 is 1. The lowest BCUT2D eigenvalue weighted by atomic mass is 9.85. The average Bonchev–Trinajstić information content (AvgIpc) is 2.25. The quantitative estimate of drug-likeness (QED) is 0.869. The van der Waals surface area contributed by atoms with Crippen molar-refractivity contribution in [3.8, 4) is 17.6 Å². The van der Waals surface area contributed by atoms with Gasteiger partial charge < -0.3 is 9.84 Å². The molecule has 86 valence electrons. The second-order valence-electron chi connectivity index (χ2n) is 3.84. The molecule has 1 aromatic rings. The SMILES string of the molecule is COc1c(C(C)(C)C#N)cc(Cl)c(O)c1F. The van der Waals surface area contributed by atoms with E-state index in [1.807, 2.05) is 6.07 Å². The first-order chi connectivity index (χ1) is 7.35. The van der Waals surface area contributed by atoms with E-state index >= 15 is 0 Å². The minimum Gasteiger partial charge on any atom is -0.504 e. The van der Waals surface area contributed by atoms with Gasteiger partial charge >= 0.3 is 0 Å². The van der Waals surface area contributed by atoms with Crippen molar-refractivity contribution in [2.75, 3.05) is 7.11 Å². The molecular weight excluding hydrogens is 233 g/mol. The number of phenols is 1. The molecule has 1 aromatic carbocycles. The Labute approximate surface area is 98.0 Å². The van der Waals surface area contributed by atoms with Crippen LogP contribution in [-0.2, 0) is 5.41 Å². The van der Waals surface area contributed by atoms with E-state index in [1.165, 1.54) is 13.2 Å². The van der Waals surface area contributed by atoms with Crippen LogP contribution in [0.5, 0.6) is 11.5 Å². The highest BCUT2D eigenvalue weighted by Gasteiger charge is 2.29. The molecule has 0 bridgehead atoms. The van der Waals surface area contributed by atoms with E-state index in [1.54, 1.807) is 13.8 Å². The Morgan fingerprint density at radius 2 is 2.12 bits per heavy atom. The minimum atomic E-state index is -0.955. The minimum absolute atomic E-state index is 0.142. The fourth-order valence-electron chi connectivity index (χ4n) is 1.32. The van der Waals surface area contributed by atoms with E-state index in [2.05, 4.69) is 0 Å². The molecular formula is C11H11ClFNO2. The summed E-state index contributed by atoms with van der Waals surface area (Å²) in [5.41, 5.74) is -0.651. The topological polar surface area (TPSA) is 53.2 Å². The van der Waals surface area contributed by atoms with Gasteiger partial charge in [-0.05, 0) is 19.9 Å². The Kier molecular flexibility index (Phi) is 3.30. The van der Waals surface area contributed by atoms with E-state index in [4.69, 9.17) is 21.6 Å². The van der Waals surface area contributed by atoms with Crippen molar-refractivity contribution in [1.82, 2.24) is 0 Å². The highest BCUT2D eigenvalue weighted by molar-refractivity contribution is 6.32. The van der Waals surface area contributed by atoms with Gasteiger partial charge in [-0.3, -0.25) is 0 Å². The molecule has 0 radical (unpaired) electrons. The molecule has 0 heterocycles. The molecule has 1 rings (SSSR count). The van der Waals surface area contributed by atoms with Gasteiger partial charge in [-0.2, -0.15) is 9.65 Å². The number of aromatic hydroxyl groups is 1. The summed E-state index contributed by atoms with van der Waals surface area (Å²) < 4.78 is 18.5. The van der Waals surface area contributed by atoms with Gasteiger partial charge in [0.25, 0.3) is 0 Å². The van der Waals surface area contributed by atoms with Crippen molar-refractivity contribution in [2.24, 2.45) is 0 Å². The zero-order valence-electron chi connectivity index (χ0n) is 9.14. The Balaban J connectivity index is 3.59. The first-order valence-electron chi connectivity index (χ1n) is 4.51. The Hall–Kier alpha value is -1.47. The third-order valence-corrected chi connectivity index (χ3v) is 2.59. The van der Waals surface area contributed by atoms with Crippen molar-refractivity contribution in [3.05, 3.63) is 22.5 Å². The molecule has 0 saturated carbocycles. The number of nitriles is 1. The van der Waals surface area contributed by atoms with Gasteiger partial charge in [0.15, 0.2) is 11.5 Å². The number of ether oxygens (including phenoxy) is 1. The fraction of sp³-hybridized carbons (Fsp3) is 0.364. The predicted octanol–water partition coefficient (Wildman–Crippen LogP) is 2.99. The normalized spacial score (nSPS) is 11.0. The number of nitrogens with zero attached hydrogens (tertiary/aromatic N) is 1. The summed E-state index contributed by atoms with van der Waals surface area (Å²) in [7, 11) is 1.27. The van der Waals surface area contributed by atoms with Crippen LogP contribution in [0.1, 0.15) is 19.4 Å². The summed E-state index contributed by atoms with van der Waals surface area (Å²) in [6.45, 7) is 3.22. The van der Waals surface area contributed by atoms with Gasteiger partial charge in [0.2, 0.25) is 5.82 Å². The third-order valence-electron chi connectivity index (χ3n) is 2.31. The first-order valence-corrected chi connectivity index (χ1v) is 4.89. The summed E-state index contributed by atoms with van der Waals surface area (Å²) in [6, 6.07) is 3.35. The van der Waals surface area contributed by atoms with Gasteiger partial charge in [-0.25, -0.2) is 0 Å². The Morgan fingerprint density at radius 1 is 1.56 bits per heavy atom. The summed E-state index contributed by atoms with van der Waals surface area (Å²) >= 11 is 5.66. The smallest absolute Gasteiger partial charge is 0.208 e. The number of hydrogen-bond donors (Lipinski definition) is 1. The highest BCUT2D eigenvalue weighted by Crippen LogP contribution is 2.41. The van der Waals surface area contributed by atoms with Crippen molar-refractivity contribution in [1.29, 1.82) is 5.26 Å². The van der Waals surface area contributed by atoms with Crippen LogP contribution in [0, 0.1) is 17.1 Å². The van der Waals surface area contributed by atoms with E-state index in [-0.39, 0.29) is 10.8 Å². The number of phenolic OH excluding ortho intramolecular Hbond substituents is 1. The van der Waals surface area contributed by atoms with Crippen molar-refractivity contribution >= 4 is 11.6 Å². The van der Waals surface area contributed by atoms with E-state index in [9.17, 15) is 9.50 Å². The lowest BCUT2D eigenvalue weighted by molar-refractivity contribution is 0.355. The molecule has 0 aliphatic heterocycles. The lowest BCUT2D eigenvalue weighted by Crippen LogP contribution is -2.16. The van der Waals surface area contributed by atoms with Crippen molar-refractivity contribution in [2.45, 2.75) is 19.3 Å². The molecule has 0 amide bonds. The molecule has 1 N–H and O–H groups in total. The molecule has 0 unspecified atom stereocenters. The van der Waals surface area contributed by atoms with Crippen LogP contribution in [0.15, 0.2) is 6.07 Å². The van der Waals surface area contributed by atoms with Gasteiger partial charge in [-0.1, -0.05) is 11.6 Å². The number of hydrogen-bond acceptors (Lipinski definition) is 3. The lowest BCUT2D eigenvalue weighted by Gasteiger charge is -2.20. The molecule has 0 aliphatic carbocycles. The maximum Gasteiger partial charge on any atom is 0.208 e. The number of rotatable bonds is 2. The Bertz CT molecular complexity index is 466. The monoisotopic (exact) mass is 243 g/mol. The van der Waals surface area contributed by atoms with Crippen LogP contribution >= 0.6 is 11.6 Å². The second-order valence-corrected chi connectivity index (χ2v) is 4.25. The van der Waals surface area contributed by atoms with Crippen molar-refractivity contribution < 1.29 is 14.2 Å². The predicted molar refractivity (Wildman–Crippen MR) is 58.3 cm³/mol.